The highest BCUT2D eigenvalue weighted by Gasteiger charge is 2.39. The molecule has 0 saturated heterocycles. The van der Waals surface area contributed by atoms with Gasteiger partial charge in [0.15, 0.2) is 5.82 Å². The molecule has 1 aromatic heterocycles. The molecule has 5 nitrogen and oxygen atoms in total. The summed E-state index contributed by atoms with van der Waals surface area (Å²) in [5, 5.41) is 3.92. The molecule has 0 aromatic carbocycles. The topological polar surface area (TPSA) is 74.2 Å². The van der Waals surface area contributed by atoms with Gasteiger partial charge in [-0.3, -0.25) is 0 Å². The third kappa shape index (κ3) is 2.10. The highest BCUT2D eigenvalue weighted by molar-refractivity contribution is 5.08. The molecule has 2 N–H and O–H groups in total. The van der Waals surface area contributed by atoms with E-state index in [1.54, 1.807) is 0 Å². The van der Waals surface area contributed by atoms with E-state index in [0.717, 1.165) is 12.8 Å². The minimum atomic E-state index is -0.0720. The Hall–Kier alpha value is -0.940. The highest BCUT2D eigenvalue weighted by atomic mass is 16.5. The summed E-state index contributed by atoms with van der Waals surface area (Å²) >= 11 is 0. The second-order valence-corrected chi connectivity index (χ2v) is 4.34. The lowest BCUT2D eigenvalue weighted by atomic mass is 9.86. The largest absolute Gasteiger partial charge is 0.374 e. The Morgan fingerprint density at radius 1 is 1.44 bits per heavy atom. The maximum absolute atomic E-state index is 5.85. The van der Waals surface area contributed by atoms with E-state index in [2.05, 4.69) is 10.1 Å². The average molecular weight is 225 g/mol. The van der Waals surface area contributed by atoms with Crippen LogP contribution in [0, 0.1) is 0 Å². The highest BCUT2D eigenvalue weighted by Crippen LogP contribution is 2.39. The second-order valence-electron chi connectivity index (χ2n) is 4.34. The average Bonchev–Trinajstić information content (AvgIpc) is 2.95. The number of aromatic nitrogens is 2. The second kappa shape index (κ2) is 4.93. The minimum absolute atomic E-state index is 0.0720. The number of nitrogens with two attached hydrogens (primary N) is 1. The van der Waals surface area contributed by atoms with E-state index in [0.29, 0.717) is 31.5 Å². The van der Waals surface area contributed by atoms with Crippen molar-refractivity contribution in [2.75, 3.05) is 13.2 Å². The molecule has 0 spiro atoms. The Morgan fingerprint density at radius 3 is 2.81 bits per heavy atom. The van der Waals surface area contributed by atoms with Crippen LogP contribution in [0.1, 0.15) is 44.3 Å². The molecule has 1 aliphatic rings. The van der Waals surface area contributed by atoms with E-state index in [4.69, 9.17) is 15.0 Å². The van der Waals surface area contributed by atoms with Crippen LogP contribution in [0.5, 0.6) is 0 Å². The fourth-order valence-electron chi connectivity index (χ4n) is 2.28. The van der Waals surface area contributed by atoms with E-state index in [1.807, 2.05) is 6.92 Å². The van der Waals surface area contributed by atoms with Gasteiger partial charge in [-0.05, 0) is 19.8 Å². The van der Waals surface area contributed by atoms with E-state index in [-0.39, 0.29) is 5.41 Å². The van der Waals surface area contributed by atoms with Crippen LogP contribution in [0.4, 0.5) is 0 Å². The van der Waals surface area contributed by atoms with Crippen LogP contribution < -0.4 is 5.73 Å². The Kier molecular flexibility index (Phi) is 3.56. The fraction of sp³-hybridized carbons (Fsp3) is 0.818. The monoisotopic (exact) mass is 225 g/mol. The van der Waals surface area contributed by atoms with Crippen molar-refractivity contribution >= 4 is 0 Å². The summed E-state index contributed by atoms with van der Waals surface area (Å²) in [6.07, 6.45) is 4.50. The van der Waals surface area contributed by atoms with E-state index in [9.17, 15) is 0 Å². The molecule has 0 amide bonds. The number of hydrogen-bond donors (Lipinski definition) is 1. The zero-order valence-corrected chi connectivity index (χ0v) is 9.74. The molecule has 0 radical (unpaired) electrons. The predicted octanol–water partition coefficient (Wildman–Crippen LogP) is 1.38. The van der Waals surface area contributed by atoms with Crippen LogP contribution in [0.25, 0.3) is 0 Å². The molecule has 0 aliphatic heterocycles. The van der Waals surface area contributed by atoms with Gasteiger partial charge in [0.05, 0.1) is 5.41 Å². The molecule has 0 unspecified atom stereocenters. The molecular formula is C11H19N3O2. The molecule has 5 heteroatoms. The molecule has 1 fully saturated rings. The molecule has 1 aliphatic carbocycles. The van der Waals surface area contributed by atoms with Gasteiger partial charge in [0, 0.05) is 13.2 Å². The van der Waals surface area contributed by atoms with Crippen molar-refractivity contribution in [1.82, 2.24) is 10.1 Å². The number of hydrogen-bond acceptors (Lipinski definition) is 5. The summed E-state index contributed by atoms with van der Waals surface area (Å²) < 4.78 is 10.6. The lowest BCUT2D eigenvalue weighted by Crippen LogP contribution is -2.32. The summed E-state index contributed by atoms with van der Waals surface area (Å²) in [6, 6.07) is 0. The van der Waals surface area contributed by atoms with E-state index in [1.165, 1.54) is 12.8 Å². The lowest BCUT2D eigenvalue weighted by molar-refractivity contribution is 0.126. The van der Waals surface area contributed by atoms with Gasteiger partial charge >= 0.3 is 0 Å². The summed E-state index contributed by atoms with van der Waals surface area (Å²) in [7, 11) is 0. The van der Waals surface area contributed by atoms with Crippen molar-refractivity contribution in [3.05, 3.63) is 11.7 Å². The SMILES string of the molecule is CCOCc1noc(C2(CN)CCCC2)n1. The van der Waals surface area contributed by atoms with Crippen molar-refractivity contribution < 1.29 is 9.26 Å². The maximum Gasteiger partial charge on any atom is 0.234 e. The van der Waals surface area contributed by atoms with Crippen molar-refractivity contribution in [3.8, 4) is 0 Å². The van der Waals surface area contributed by atoms with Crippen molar-refractivity contribution in [3.63, 3.8) is 0 Å². The smallest absolute Gasteiger partial charge is 0.234 e. The first-order chi connectivity index (χ1) is 7.80. The van der Waals surface area contributed by atoms with Crippen molar-refractivity contribution in [1.29, 1.82) is 0 Å². The third-order valence-electron chi connectivity index (χ3n) is 3.31. The Labute approximate surface area is 95.3 Å². The summed E-state index contributed by atoms with van der Waals surface area (Å²) in [6.45, 7) is 3.61. The molecular weight excluding hydrogens is 206 g/mol. The first kappa shape index (κ1) is 11.5. The number of rotatable bonds is 5. The molecule has 2 rings (SSSR count). The summed E-state index contributed by atoms with van der Waals surface area (Å²) in [5.74, 6) is 1.32. The lowest BCUT2D eigenvalue weighted by Gasteiger charge is -2.21. The zero-order valence-electron chi connectivity index (χ0n) is 9.74. The van der Waals surface area contributed by atoms with Gasteiger partial charge in [-0.15, -0.1) is 0 Å². The van der Waals surface area contributed by atoms with E-state index < -0.39 is 0 Å². The van der Waals surface area contributed by atoms with Gasteiger partial charge in [0.25, 0.3) is 0 Å². The molecule has 0 bridgehead atoms. The third-order valence-corrected chi connectivity index (χ3v) is 3.31. The van der Waals surface area contributed by atoms with Gasteiger partial charge in [0.1, 0.15) is 6.61 Å². The first-order valence-corrected chi connectivity index (χ1v) is 5.91. The fourth-order valence-corrected chi connectivity index (χ4v) is 2.28. The zero-order chi connectivity index (χ0) is 11.4. The standard InChI is InChI=1S/C11H19N3O2/c1-2-15-7-9-13-10(16-14-9)11(8-12)5-3-4-6-11/h2-8,12H2,1H3. The van der Waals surface area contributed by atoms with Crippen molar-refractivity contribution in [2.45, 2.75) is 44.6 Å². The number of nitrogens with zero attached hydrogens (tertiary/aromatic N) is 2. The predicted molar refractivity (Wildman–Crippen MR) is 58.8 cm³/mol. The van der Waals surface area contributed by atoms with Crippen LogP contribution >= 0.6 is 0 Å². The van der Waals surface area contributed by atoms with Crippen LogP contribution in [0.15, 0.2) is 4.52 Å². The molecule has 16 heavy (non-hydrogen) atoms. The summed E-state index contributed by atoms with van der Waals surface area (Å²) in [5.41, 5.74) is 5.78. The summed E-state index contributed by atoms with van der Waals surface area (Å²) in [4.78, 5) is 4.39. The minimum Gasteiger partial charge on any atom is -0.374 e. The normalized spacial score (nSPS) is 19.1. The maximum atomic E-state index is 5.85. The molecule has 1 aromatic rings. The van der Waals surface area contributed by atoms with E-state index >= 15 is 0 Å². The van der Waals surface area contributed by atoms with Crippen LogP contribution in [0.3, 0.4) is 0 Å². The molecule has 90 valence electrons. The van der Waals surface area contributed by atoms with Gasteiger partial charge < -0.3 is 15.0 Å². The van der Waals surface area contributed by atoms with Gasteiger partial charge in [-0.2, -0.15) is 4.98 Å². The van der Waals surface area contributed by atoms with Crippen LogP contribution in [-0.2, 0) is 16.8 Å². The van der Waals surface area contributed by atoms with Crippen LogP contribution in [0.2, 0.25) is 0 Å². The van der Waals surface area contributed by atoms with Gasteiger partial charge in [-0.1, -0.05) is 18.0 Å². The quantitative estimate of drug-likeness (QED) is 0.819. The Morgan fingerprint density at radius 2 is 2.19 bits per heavy atom. The van der Waals surface area contributed by atoms with Crippen LogP contribution in [-0.4, -0.2) is 23.3 Å². The molecule has 0 atom stereocenters. The Balaban J connectivity index is 2.10. The van der Waals surface area contributed by atoms with Crippen molar-refractivity contribution in [2.24, 2.45) is 5.73 Å². The van der Waals surface area contributed by atoms with Gasteiger partial charge in [0.2, 0.25) is 5.89 Å². The Bertz CT molecular complexity index is 332. The number of ether oxygens (including phenoxy) is 1. The molecule has 1 saturated carbocycles. The van der Waals surface area contributed by atoms with Gasteiger partial charge in [-0.25, -0.2) is 0 Å². The first-order valence-electron chi connectivity index (χ1n) is 5.91. The molecule has 1 heterocycles.